The van der Waals surface area contributed by atoms with Crippen molar-refractivity contribution in [3.8, 4) is 0 Å². The first-order chi connectivity index (χ1) is 17.4. The number of aliphatic imine (C=N–C) groups is 1. The van der Waals surface area contributed by atoms with E-state index in [0.717, 1.165) is 43.3 Å². The van der Waals surface area contributed by atoms with Crippen LogP contribution in [0.1, 0.15) is 95.6 Å². The van der Waals surface area contributed by atoms with Crippen LogP contribution < -0.4 is 15.4 Å². The second-order valence-electron chi connectivity index (χ2n) is 10.7. The van der Waals surface area contributed by atoms with Gasteiger partial charge < -0.3 is 15.7 Å². The minimum atomic E-state index is -0.791. The van der Waals surface area contributed by atoms with Crippen LogP contribution in [0.4, 0.5) is 5.82 Å². The van der Waals surface area contributed by atoms with Gasteiger partial charge in [0.05, 0.1) is 5.56 Å². The van der Waals surface area contributed by atoms with Crippen LogP contribution >= 0.6 is 11.9 Å². The SMILES string of the molecule is C=C/C1=N\C(=C)NC(CCCC(=O)O)CCC(CC)CC(C)Nc2nc(C(C)(C)C)ccc2C(=O)NS1. The Labute approximate surface area is 226 Å². The van der Waals surface area contributed by atoms with Gasteiger partial charge in [-0.1, -0.05) is 47.3 Å². The molecular weight excluding hydrogens is 486 g/mol. The van der Waals surface area contributed by atoms with Gasteiger partial charge in [-0.3, -0.25) is 14.3 Å². The second-order valence-corrected chi connectivity index (χ2v) is 11.6. The van der Waals surface area contributed by atoms with E-state index in [1.807, 2.05) is 12.1 Å². The van der Waals surface area contributed by atoms with Crippen LogP contribution in [0, 0.1) is 5.92 Å². The zero-order chi connectivity index (χ0) is 27.6. The largest absolute Gasteiger partial charge is 0.481 e. The Bertz CT molecular complexity index is 1000. The van der Waals surface area contributed by atoms with E-state index < -0.39 is 5.97 Å². The first-order valence-electron chi connectivity index (χ1n) is 13.1. The average molecular weight is 530 g/mol. The molecule has 8 nitrogen and oxygen atoms in total. The molecule has 37 heavy (non-hydrogen) atoms. The average Bonchev–Trinajstić information content (AvgIpc) is 2.82. The molecule has 3 unspecified atom stereocenters. The van der Waals surface area contributed by atoms with E-state index in [9.17, 15) is 9.59 Å². The van der Waals surface area contributed by atoms with E-state index in [0.29, 0.717) is 41.0 Å². The summed E-state index contributed by atoms with van der Waals surface area (Å²) in [5, 5.41) is 16.4. The Balaban J connectivity index is 2.37. The van der Waals surface area contributed by atoms with Crippen molar-refractivity contribution >= 4 is 34.7 Å². The Morgan fingerprint density at radius 3 is 2.62 bits per heavy atom. The lowest BCUT2D eigenvalue weighted by atomic mass is 9.90. The Hall–Kier alpha value is -2.81. The molecule has 1 aromatic heterocycles. The number of carboxylic acid groups (broad SMARTS) is 1. The summed E-state index contributed by atoms with van der Waals surface area (Å²) < 4.78 is 2.85. The summed E-state index contributed by atoms with van der Waals surface area (Å²) >= 11 is 1.07. The molecule has 0 saturated heterocycles. The van der Waals surface area contributed by atoms with Gasteiger partial charge in [-0.05, 0) is 63.2 Å². The maximum absolute atomic E-state index is 13.2. The fourth-order valence-corrected chi connectivity index (χ4v) is 4.89. The number of rotatable bonds is 6. The summed E-state index contributed by atoms with van der Waals surface area (Å²) in [7, 11) is 0. The van der Waals surface area contributed by atoms with Crippen LogP contribution in [-0.2, 0) is 10.2 Å². The number of anilines is 1. The molecule has 1 aliphatic heterocycles. The lowest BCUT2D eigenvalue weighted by Gasteiger charge is -2.26. The predicted molar refractivity (Wildman–Crippen MR) is 154 cm³/mol. The maximum Gasteiger partial charge on any atom is 0.303 e. The highest BCUT2D eigenvalue weighted by Crippen LogP contribution is 2.27. The van der Waals surface area contributed by atoms with Crippen molar-refractivity contribution in [1.29, 1.82) is 0 Å². The molecule has 0 bridgehead atoms. The first kappa shape index (κ1) is 30.4. The molecule has 204 valence electrons. The Morgan fingerprint density at radius 2 is 2.00 bits per heavy atom. The summed E-state index contributed by atoms with van der Waals surface area (Å²) in [4.78, 5) is 33.5. The standard InChI is InChI=1S/C28H43N5O3S/c1-8-20-13-14-21(11-10-12-25(34)35)30-19(4)31-24(9-2)37-33-27(36)22-15-16-23(28(5,6)7)32-26(22)29-18(3)17-20/h9,15-16,18,20-21,30H,2,4,8,10-14,17H2,1,3,5-7H3,(H,29,32)(H,33,36)(H,34,35)/b31-24+. The molecule has 0 radical (unpaired) electrons. The van der Waals surface area contributed by atoms with Gasteiger partial charge in [0.1, 0.15) is 16.7 Å². The Morgan fingerprint density at radius 1 is 1.27 bits per heavy atom. The van der Waals surface area contributed by atoms with Gasteiger partial charge in [-0.2, -0.15) is 0 Å². The number of nitrogens with zero attached hydrogens (tertiary/aromatic N) is 2. The normalized spacial score (nSPS) is 23.5. The van der Waals surface area contributed by atoms with Crippen LogP contribution in [0.2, 0.25) is 0 Å². The van der Waals surface area contributed by atoms with Gasteiger partial charge in [0.2, 0.25) is 0 Å². The molecule has 0 aliphatic carbocycles. The summed E-state index contributed by atoms with van der Waals surface area (Å²) in [5.41, 5.74) is 1.23. The highest BCUT2D eigenvalue weighted by atomic mass is 32.2. The molecule has 0 saturated carbocycles. The fraction of sp³-hybridized carbons (Fsp3) is 0.571. The number of amides is 1. The van der Waals surface area contributed by atoms with Crippen molar-refractivity contribution < 1.29 is 14.7 Å². The van der Waals surface area contributed by atoms with E-state index in [1.54, 1.807) is 6.08 Å². The van der Waals surface area contributed by atoms with Crippen molar-refractivity contribution in [2.45, 2.75) is 97.1 Å². The number of carbonyl (C=O) groups is 2. The van der Waals surface area contributed by atoms with Crippen LogP contribution in [0.15, 0.2) is 42.2 Å². The van der Waals surface area contributed by atoms with Gasteiger partial charge in [0.25, 0.3) is 5.91 Å². The molecule has 0 aromatic carbocycles. The van der Waals surface area contributed by atoms with Gasteiger partial charge >= 0.3 is 5.97 Å². The van der Waals surface area contributed by atoms with Gasteiger partial charge in [-0.15, -0.1) is 0 Å². The zero-order valence-corrected chi connectivity index (χ0v) is 23.7. The first-order valence-corrected chi connectivity index (χ1v) is 13.9. The number of aromatic nitrogens is 1. The van der Waals surface area contributed by atoms with Crippen LogP contribution in [0.25, 0.3) is 0 Å². The van der Waals surface area contributed by atoms with Crippen LogP contribution in [0.3, 0.4) is 0 Å². The number of nitrogens with one attached hydrogen (secondary N) is 3. The van der Waals surface area contributed by atoms with Crippen molar-refractivity contribution in [2.24, 2.45) is 10.9 Å². The van der Waals surface area contributed by atoms with Gasteiger partial charge in [-0.25, -0.2) is 9.98 Å². The summed E-state index contributed by atoms with van der Waals surface area (Å²) in [6.07, 6.45) is 6.81. The third-order valence-corrected chi connectivity index (χ3v) is 7.22. The number of carboxylic acids is 1. The highest BCUT2D eigenvalue weighted by molar-refractivity contribution is 8.13. The fourth-order valence-electron chi connectivity index (χ4n) is 4.34. The number of hydrogen-bond donors (Lipinski definition) is 4. The van der Waals surface area contributed by atoms with Gasteiger partial charge in [0.15, 0.2) is 0 Å². The third-order valence-electron chi connectivity index (χ3n) is 6.46. The number of aliphatic carboxylic acids is 1. The van der Waals surface area contributed by atoms with Crippen molar-refractivity contribution in [1.82, 2.24) is 15.0 Å². The lowest BCUT2D eigenvalue weighted by Crippen LogP contribution is -2.30. The minimum Gasteiger partial charge on any atom is -0.481 e. The molecule has 1 aromatic rings. The van der Waals surface area contributed by atoms with Gasteiger partial charge in [0, 0.05) is 41.6 Å². The van der Waals surface area contributed by atoms with E-state index >= 15 is 0 Å². The lowest BCUT2D eigenvalue weighted by molar-refractivity contribution is -0.137. The molecule has 0 fully saturated rings. The van der Waals surface area contributed by atoms with Crippen molar-refractivity contribution in [2.75, 3.05) is 5.32 Å². The monoisotopic (exact) mass is 529 g/mol. The molecule has 2 rings (SSSR count). The van der Waals surface area contributed by atoms with Crippen LogP contribution in [-0.4, -0.2) is 39.1 Å². The third kappa shape index (κ3) is 10.2. The molecular formula is C28H43N5O3S. The maximum atomic E-state index is 13.2. The molecule has 9 heteroatoms. The van der Waals surface area contributed by atoms with E-state index in [-0.39, 0.29) is 29.8 Å². The van der Waals surface area contributed by atoms with Crippen molar-refractivity contribution in [3.05, 3.63) is 48.4 Å². The molecule has 2 heterocycles. The predicted octanol–water partition coefficient (Wildman–Crippen LogP) is 6.04. The molecule has 1 amide bonds. The molecule has 4 N–H and O–H groups in total. The number of pyridine rings is 1. The minimum absolute atomic E-state index is 0.0585. The molecule has 3 atom stereocenters. The van der Waals surface area contributed by atoms with E-state index in [1.165, 1.54) is 0 Å². The molecule has 1 aliphatic rings. The Kier molecular flexibility index (Phi) is 11.7. The topological polar surface area (TPSA) is 116 Å². The summed E-state index contributed by atoms with van der Waals surface area (Å²) in [5.74, 6) is 0.435. The molecule has 0 spiro atoms. The van der Waals surface area contributed by atoms with E-state index in [4.69, 9.17) is 10.1 Å². The van der Waals surface area contributed by atoms with Crippen LogP contribution in [0.5, 0.6) is 0 Å². The summed E-state index contributed by atoms with van der Waals surface area (Å²) in [6, 6.07) is 3.90. The number of hydrogen-bond acceptors (Lipinski definition) is 7. The zero-order valence-electron chi connectivity index (χ0n) is 22.9. The highest BCUT2D eigenvalue weighted by Gasteiger charge is 2.23. The number of fused-ring (bicyclic) bond motifs is 1. The number of carbonyl (C=O) groups excluding carboxylic acids is 1. The second kappa shape index (κ2) is 14.2. The van der Waals surface area contributed by atoms with Crippen molar-refractivity contribution in [3.63, 3.8) is 0 Å². The quantitative estimate of drug-likeness (QED) is 0.332. The summed E-state index contributed by atoms with van der Waals surface area (Å²) in [6.45, 7) is 18.5. The smallest absolute Gasteiger partial charge is 0.303 e. The van der Waals surface area contributed by atoms with E-state index in [2.05, 4.69) is 68.1 Å².